The predicted molar refractivity (Wildman–Crippen MR) is 76.9 cm³/mol. The molecule has 20 heavy (non-hydrogen) atoms. The highest BCUT2D eigenvalue weighted by atomic mass is 19.1. The minimum absolute atomic E-state index is 0.107. The van der Waals surface area contributed by atoms with Gasteiger partial charge in [0.2, 0.25) is 5.91 Å². The van der Waals surface area contributed by atoms with Crippen molar-refractivity contribution in [2.45, 2.75) is 19.5 Å². The molecule has 1 unspecified atom stereocenters. The average Bonchev–Trinajstić information content (AvgIpc) is 2.42. The number of carbonyl (C=O) groups is 1. The van der Waals surface area contributed by atoms with Crippen LogP contribution in [0.2, 0.25) is 0 Å². The first-order valence-electron chi connectivity index (χ1n) is 6.90. The molecule has 1 amide bonds. The molecule has 1 aliphatic heterocycles. The van der Waals surface area contributed by atoms with Crippen LogP contribution in [-0.4, -0.2) is 55.5 Å². The van der Waals surface area contributed by atoms with E-state index in [2.05, 4.69) is 10.2 Å². The third-order valence-corrected chi connectivity index (χ3v) is 3.69. The number of nitrogens with one attached hydrogen (secondary N) is 1. The van der Waals surface area contributed by atoms with E-state index in [0.717, 1.165) is 18.7 Å². The highest BCUT2D eigenvalue weighted by Crippen LogP contribution is 2.15. The number of nitrogens with zero attached hydrogens (tertiary/aromatic N) is 2. The zero-order valence-electron chi connectivity index (χ0n) is 12.3. The van der Waals surface area contributed by atoms with E-state index in [1.807, 2.05) is 6.07 Å². The van der Waals surface area contributed by atoms with Gasteiger partial charge >= 0.3 is 0 Å². The van der Waals surface area contributed by atoms with Crippen molar-refractivity contribution in [2.24, 2.45) is 0 Å². The predicted octanol–water partition coefficient (Wildman–Crippen LogP) is 0.996. The van der Waals surface area contributed by atoms with Crippen LogP contribution in [-0.2, 0) is 11.3 Å². The van der Waals surface area contributed by atoms with Gasteiger partial charge in [-0.25, -0.2) is 4.39 Å². The molecule has 0 spiro atoms. The molecule has 0 radical (unpaired) electrons. The van der Waals surface area contributed by atoms with Gasteiger partial charge in [-0.3, -0.25) is 9.69 Å². The van der Waals surface area contributed by atoms with Gasteiger partial charge < -0.3 is 10.2 Å². The summed E-state index contributed by atoms with van der Waals surface area (Å²) in [6, 6.07) is 5.00. The van der Waals surface area contributed by atoms with Crippen molar-refractivity contribution < 1.29 is 9.18 Å². The molecule has 5 heteroatoms. The van der Waals surface area contributed by atoms with Crippen LogP contribution in [0.15, 0.2) is 18.2 Å². The summed E-state index contributed by atoms with van der Waals surface area (Å²) in [5.41, 5.74) is 1.69. The number of benzene rings is 1. The van der Waals surface area contributed by atoms with Crippen molar-refractivity contribution in [3.05, 3.63) is 35.1 Å². The Hall–Kier alpha value is -1.46. The fourth-order valence-electron chi connectivity index (χ4n) is 2.52. The minimum Gasteiger partial charge on any atom is -0.347 e. The van der Waals surface area contributed by atoms with Crippen LogP contribution in [0.5, 0.6) is 0 Å². The quantitative estimate of drug-likeness (QED) is 0.896. The Kier molecular flexibility index (Phi) is 4.73. The fourth-order valence-corrected chi connectivity index (χ4v) is 2.52. The van der Waals surface area contributed by atoms with Crippen molar-refractivity contribution in [3.63, 3.8) is 0 Å². The standard InChI is InChI=1S/C15H22FN3O/c1-11-8-12(4-5-13(11)16)10-19-7-6-17-9-14(19)15(20)18(2)3/h4-5,8,14,17H,6-7,9-10H2,1-3H3. The van der Waals surface area contributed by atoms with Gasteiger partial charge in [-0.15, -0.1) is 0 Å². The highest BCUT2D eigenvalue weighted by molar-refractivity contribution is 5.81. The summed E-state index contributed by atoms with van der Waals surface area (Å²) in [4.78, 5) is 16.0. The molecule has 1 N–H and O–H groups in total. The summed E-state index contributed by atoms with van der Waals surface area (Å²) in [7, 11) is 3.55. The number of likely N-dealkylation sites (N-methyl/N-ethyl adjacent to an activating group) is 1. The van der Waals surface area contributed by atoms with Gasteiger partial charge in [0.15, 0.2) is 0 Å². The summed E-state index contributed by atoms with van der Waals surface area (Å²) in [6.45, 7) is 4.79. The Morgan fingerprint density at radius 3 is 2.90 bits per heavy atom. The molecular formula is C15H22FN3O. The van der Waals surface area contributed by atoms with Gasteiger partial charge in [0.05, 0.1) is 0 Å². The van der Waals surface area contributed by atoms with Crippen molar-refractivity contribution >= 4 is 5.91 Å². The number of piperazine rings is 1. The maximum atomic E-state index is 13.3. The number of hydrogen-bond donors (Lipinski definition) is 1. The highest BCUT2D eigenvalue weighted by Gasteiger charge is 2.29. The van der Waals surface area contributed by atoms with Gasteiger partial charge in [-0.2, -0.15) is 0 Å². The number of carbonyl (C=O) groups excluding carboxylic acids is 1. The molecule has 1 atom stereocenters. The van der Waals surface area contributed by atoms with Crippen LogP contribution >= 0.6 is 0 Å². The molecule has 0 aromatic heterocycles. The fraction of sp³-hybridized carbons (Fsp3) is 0.533. The van der Waals surface area contributed by atoms with E-state index in [1.54, 1.807) is 32.0 Å². The zero-order valence-corrected chi connectivity index (χ0v) is 12.3. The van der Waals surface area contributed by atoms with E-state index in [9.17, 15) is 9.18 Å². The molecule has 2 rings (SSSR count). The summed E-state index contributed by atoms with van der Waals surface area (Å²) < 4.78 is 13.3. The molecule has 4 nitrogen and oxygen atoms in total. The Balaban J connectivity index is 2.12. The third kappa shape index (κ3) is 3.35. The summed E-state index contributed by atoms with van der Waals surface area (Å²) >= 11 is 0. The lowest BCUT2D eigenvalue weighted by molar-refractivity contribution is -0.135. The Bertz CT molecular complexity index is 490. The lowest BCUT2D eigenvalue weighted by atomic mass is 10.1. The van der Waals surface area contributed by atoms with Gasteiger partial charge in [0, 0.05) is 40.3 Å². The number of amides is 1. The number of halogens is 1. The van der Waals surface area contributed by atoms with E-state index in [-0.39, 0.29) is 17.8 Å². The number of rotatable bonds is 3. The zero-order chi connectivity index (χ0) is 14.7. The second kappa shape index (κ2) is 6.33. The monoisotopic (exact) mass is 279 g/mol. The largest absolute Gasteiger partial charge is 0.347 e. The molecule has 0 saturated carbocycles. The Morgan fingerprint density at radius 2 is 2.25 bits per heavy atom. The summed E-state index contributed by atoms with van der Waals surface area (Å²) in [5.74, 6) is -0.0778. The molecule has 110 valence electrons. The van der Waals surface area contributed by atoms with Crippen molar-refractivity contribution in [2.75, 3.05) is 33.7 Å². The first-order chi connectivity index (χ1) is 9.49. The Morgan fingerprint density at radius 1 is 1.50 bits per heavy atom. The average molecular weight is 279 g/mol. The van der Waals surface area contributed by atoms with Gasteiger partial charge in [-0.05, 0) is 24.1 Å². The van der Waals surface area contributed by atoms with Crippen LogP contribution in [0.4, 0.5) is 4.39 Å². The number of aryl methyl sites for hydroxylation is 1. The van der Waals surface area contributed by atoms with E-state index in [0.29, 0.717) is 18.7 Å². The van der Waals surface area contributed by atoms with Crippen LogP contribution in [0, 0.1) is 12.7 Å². The maximum Gasteiger partial charge on any atom is 0.240 e. The van der Waals surface area contributed by atoms with Crippen LogP contribution in [0.3, 0.4) is 0 Å². The first kappa shape index (κ1) is 14.9. The summed E-state index contributed by atoms with van der Waals surface area (Å²) in [6.07, 6.45) is 0. The van der Waals surface area contributed by atoms with Crippen molar-refractivity contribution in [1.29, 1.82) is 0 Å². The van der Waals surface area contributed by atoms with Gasteiger partial charge in [0.1, 0.15) is 11.9 Å². The van der Waals surface area contributed by atoms with E-state index in [4.69, 9.17) is 0 Å². The lowest BCUT2D eigenvalue weighted by Gasteiger charge is -2.36. The topological polar surface area (TPSA) is 35.6 Å². The molecule has 1 aromatic rings. The second-order valence-electron chi connectivity index (χ2n) is 5.51. The molecule has 1 aliphatic rings. The molecule has 1 saturated heterocycles. The molecule has 0 aliphatic carbocycles. The molecule has 1 aromatic carbocycles. The van der Waals surface area contributed by atoms with Gasteiger partial charge in [0.25, 0.3) is 0 Å². The first-order valence-corrected chi connectivity index (χ1v) is 6.90. The van der Waals surface area contributed by atoms with E-state index in [1.165, 1.54) is 6.07 Å². The van der Waals surface area contributed by atoms with Gasteiger partial charge in [-0.1, -0.05) is 12.1 Å². The van der Waals surface area contributed by atoms with E-state index >= 15 is 0 Å². The molecular weight excluding hydrogens is 257 g/mol. The summed E-state index contributed by atoms with van der Waals surface area (Å²) in [5, 5.41) is 3.26. The third-order valence-electron chi connectivity index (χ3n) is 3.69. The molecule has 1 fully saturated rings. The molecule has 1 heterocycles. The van der Waals surface area contributed by atoms with Crippen LogP contribution in [0.25, 0.3) is 0 Å². The van der Waals surface area contributed by atoms with Crippen LogP contribution in [0.1, 0.15) is 11.1 Å². The Labute approximate surface area is 119 Å². The van der Waals surface area contributed by atoms with Crippen molar-refractivity contribution in [1.82, 2.24) is 15.1 Å². The smallest absolute Gasteiger partial charge is 0.240 e. The SMILES string of the molecule is Cc1cc(CN2CCNCC2C(=O)N(C)C)ccc1F. The normalized spacial score (nSPS) is 19.9. The second-order valence-corrected chi connectivity index (χ2v) is 5.51. The van der Waals surface area contributed by atoms with Crippen molar-refractivity contribution in [3.8, 4) is 0 Å². The molecule has 0 bridgehead atoms. The van der Waals surface area contributed by atoms with E-state index < -0.39 is 0 Å². The van der Waals surface area contributed by atoms with Crippen LogP contribution < -0.4 is 5.32 Å². The lowest BCUT2D eigenvalue weighted by Crippen LogP contribution is -2.57. The minimum atomic E-state index is -0.185. The maximum absolute atomic E-state index is 13.3. The number of hydrogen-bond acceptors (Lipinski definition) is 3.